The molecule has 1 fully saturated rings. The smallest absolute Gasteiger partial charge is 0.212 e. The number of nitrogens with zero attached hydrogens (tertiary/aromatic N) is 5. The van der Waals surface area contributed by atoms with E-state index < -0.39 is 16.1 Å². The first-order valence-corrected chi connectivity index (χ1v) is 11.7. The number of halogens is 2. The maximum atomic E-state index is 12.0. The summed E-state index contributed by atoms with van der Waals surface area (Å²) in [5.74, 6) is 0.639. The number of nitriles is 1. The van der Waals surface area contributed by atoms with Crippen molar-refractivity contribution in [1.29, 1.82) is 5.26 Å². The second kappa shape index (κ2) is 8.00. The molecule has 1 aromatic heterocycles. The van der Waals surface area contributed by atoms with Gasteiger partial charge in [-0.15, -0.1) is 0 Å². The van der Waals surface area contributed by atoms with Crippen molar-refractivity contribution in [2.24, 2.45) is 0 Å². The van der Waals surface area contributed by atoms with Crippen molar-refractivity contribution in [1.82, 2.24) is 14.3 Å². The van der Waals surface area contributed by atoms with E-state index >= 15 is 0 Å². The first-order valence-electron chi connectivity index (χ1n) is 9.09. The van der Waals surface area contributed by atoms with Gasteiger partial charge in [0.1, 0.15) is 18.2 Å². The van der Waals surface area contributed by atoms with Gasteiger partial charge in [0.25, 0.3) is 0 Å². The number of piperazine rings is 1. The molecular weight excluding hydrogens is 445 g/mol. The lowest BCUT2D eigenvalue weighted by atomic mass is 10.0. The van der Waals surface area contributed by atoms with Crippen LogP contribution in [0, 0.1) is 11.3 Å². The van der Waals surface area contributed by atoms with Crippen LogP contribution in [-0.4, -0.2) is 54.6 Å². The highest BCUT2D eigenvalue weighted by Crippen LogP contribution is 2.35. The fourth-order valence-corrected chi connectivity index (χ4v) is 5.01. The Labute approximate surface area is 184 Å². The number of aromatic nitrogens is 2. The molecule has 154 valence electrons. The van der Waals surface area contributed by atoms with Crippen LogP contribution in [0.1, 0.15) is 0 Å². The highest BCUT2D eigenvalue weighted by atomic mass is 35.5. The fraction of sp³-hybridized carbons (Fsp3) is 0.250. The van der Waals surface area contributed by atoms with Gasteiger partial charge in [-0.3, -0.25) is 0 Å². The fourth-order valence-electron chi connectivity index (χ4n) is 3.63. The molecule has 0 amide bonds. The third kappa shape index (κ3) is 3.94. The van der Waals surface area contributed by atoms with Crippen molar-refractivity contribution >= 4 is 49.9 Å². The van der Waals surface area contributed by atoms with Crippen molar-refractivity contribution in [3.05, 3.63) is 52.8 Å². The summed E-state index contributed by atoms with van der Waals surface area (Å²) in [6, 6.07) is 12.3. The summed E-state index contributed by atoms with van der Waals surface area (Å²) in [7, 11) is -3.46. The summed E-state index contributed by atoms with van der Waals surface area (Å²) in [6.45, 7) is 0.838. The van der Waals surface area contributed by atoms with Gasteiger partial charge < -0.3 is 4.90 Å². The lowest BCUT2D eigenvalue weighted by molar-refractivity contribution is 0.337. The maximum absolute atomic E-state index is 12.0. The van der Waals surface area contributed by atoms with Crippen molar-refractivity contribution in [2.45, 2.75) is 6.04 Å². The van der Waals surface area contributed by atoms with Crippen molar-refractivity contribution in [3.8, 4) is 17.2 Å². The quantitative estimate of drug-likeness (QED) is 0.591. The van der Waals surface area contributed by atoms with Gasteiger partial charge in [0.15, 0.2) is 0 Å². The Morgan fingerprint density at radius 3 is 2.53 bits per heavy atom. The molecule has 1 saturated heterocycles. The number of fused-ring (bicyclic) bond motifs is 1. The minimum Gasteiger partial charge on any atom is -0.352 e. The van der Waals surface area contributed by atoms with Crippen LogP contribution in [0.5, 0.6) is 0 Å². The van der Waals surface area contributed by atoms with Gasteiger partial charge in [0, 0.05) is 35.6 Å². The molecule has 0 bridgehead atoms. The van der Waals surface area contributed by atoms with Gasteiger partial charge >= 0.3 is 0 Å². The number of hydrogen-bond acceptors (Lipinski definition) is 6. The van der Waals surface area contributed by atoms with Gasteiger partial charge in [0.05, 0.1) is 22.9 Å². The van der Waals surface area contributed by atoms with Crippen molar-refractivity contribution < 1.29 is 8.42 Å². The van der Waals surface area contributed by atoms with E-state index in [1.54, 1.807) is 18.2 Å². The minimum absolute atomic E-state index is 0.209. The number of anilines is 1. The van der Waals surface area contributed by atoms with E-state index in [9.17, 15) is 13.7 Å². The molecule has 30 heavy (non-hydrogen) atoms. The van der Waals surface area contributed by atoms with Gasteiger partial charge in [-0.2, -0.15) is 9.57 Å². The van der Waals surface area contributed by atoms with E-state index in [2.05, 4.69) is 16.0 Å². The summed E-state index contributed by atoms with van der Waals surface area (Å²) in [6.07, 6.45) is 2.56. The van der Waals surface area contributed by atoms with Crippen LogP contribution in [0.3, 0.4) is 0 Å². The lowest BCUT2D eigenvalue weighted by Gasteiger charge is -2.37. The third-order valence-corrected chi connectivity index (χ3v) is 6.92. The molecule has 0 N–H and O–H groups in total. The standard InChI is InChI=1S/C20H17Cl2N5O2S/c1-30(28,29)27-7-6-26(11-15(27)10-23)20-17-8-16(13-2-4-14(21)5-3-13)18(22)9-19(17)24-12-25-20/h2-5,8-9,12,15H,6-7,11H2,1H3. The van der Waals surface area contributed by atoms with Gasteiger partial charge in [-0.25, -0.2) is 18.4 Å². The minimum atomic E-state index is -3.46. The summed E-state index contributed by atoms with van der Waals surface area (Å²) in [5.41, 5.74) is 2.38. The van der Waals surface area contributed by atoms with Crippen molar-refractivity contribution in [2.75, 3.05) is 30.8 Å². The lowest BCUT2D eigenvalue weighted by Crippen LogP contribution is -2.54. The first kappa shape index (κ1) is 20.8. The van der Waals surface area contributed by atoms with Crippen molar-refractivity contribution in [3.63, 3.8) is 0 Å². The van der Waals surface area contributed by atoms with Gasteiger partial charge in [-0.05, 0) is 29.8 Å². The molecule has 0 spiro atoms. The Bertz CT molecular complexity index is 1260. The molecule has 10 heteroatoms. The predicted octanol–water partition coefficient (Wildman–Crippen LogP) is 3.58. The normalized spacial score (nSPS) is 17.8. The van der Waals surface area contributed by atoms with Crippen LogP contribution < -0.4 is 4.90 Å². The molecular formula is C20H17Cl2N5O2S. The first-order chi connectivity index (χ1) is 14.3. The molecule has 1 aliphatic rings. The average Bonchev–Trinajstić information content (AvgIpc) is 2.72. The van der Waals surface area contributed by atoms with Crippen LogP contribution in [0.25, 0.3) is 22.0 Å². The average molecular weight is 462 g/mol. The second-order valence-electron chi connectivity index (χ2n) is 7.02. The van der Waals surface area contributed by atoms with Crippen LogP contribution in [0.15, 0.2) is 42.7 Å². The topological polar surface area (TPSA) is 90.2 Å². The number of benzene rings is 2. The predicted molar refractivity (Wildman–Crippen MR) is 118 cm³/mol. The van der Waals surface area contributed by atoms with E-state index in [1.807, 2.05) is 23.1 Å². The van der Waals surface area contributed by atoms with Crippen LogP contribution in [-0.2, 0) is 10.0 Å². The molecule has 1 aliphatic heterocycles. The van der Waals surface area contributed by atoms with Crippen LogP contribution in [0.2, 0.25) is 10.0 Å². The zero-order chi connectivity index (χ0) is 21.5. The Kier molecular flexibility index (Phi) is 5.55. The second-order valence-corrected chi connectivity index (χ2v) is 9.80. The Balaban J connectivity index is 1.78. The van der Waals surface area contributed by atoms with E-state index in [1.165, 1.54) is 10.6 Å². The number of rotatable bonds is 3. The van der Waals surface area contributed by atoms with Crippen LogP contribution >= 0.6 is 23.2 Å². The highest BCUT2D eigenvalue weighted by Gasteiger charge is 2.34. The summed E-state index contributed by atoms with van der Waals surface area (Å²) in [5, 5.41) is 11.5. The Hall–Kier alpha value is -2.44. The van der Waals surface area contributed by atoms with Crippen LogP contribution in [0.4, 0.5) is 5.82 Å². The summed E-state index contributed by atoms with van der Waals surface area (Å²) < 4.78 is 25.2. The zero-order valence-corrected chi connectivity index (χ0v) is 18.3. The largest absolute Gasteiger partial charge is 0.352 e. The van der Waals surface area contributed by atoms with Gasteiger partial charge in [0.2, 0.25) is 10.0 Å². The molecule has 3 aromatic rings. The van der Waals surface area contributed by atoms with E-state index in [0.717, 1.165) is 22.8 Å². The van der Waals surface area contributed by atoms with E-state index in [0.29, 0.717) is 27.9 Å². The monoisotopic (exact) mass is 461 g/mol. The zero-order valence-electron chi connectivity index (χ0n) is 16.0. The summed E-state index contributed by atoms with van der Waals surface area (Å²) >= 11 is 12.5. The van der Waals surface area contributed by atoms with E-state index in [4.69, 9.17) is 23.2 Å². The Morgan fingerprint density at radius 2 is 1.87 bits per heavy atom. The highest BCUT2D eigenvalue weighted by molar-refractivity contribution is 7.88. The summed E-state index contributed by atoms with van der Waals surface area (Å²) in [4.78, 5) is 10.7. The molecule has 4 rings (SSSR count). The molecule has 0 aliphatic carbocycles. The SMILES string of the molecule is CS(=O)(=O)N1CCN(c2ncnc3cc(Cl)c(-c4ccc(Cl)cc4)cc23)CC1C#N. The number of hydrogen-bond donors (Lipinski definition) is 0. The Morgan fingerprint density at radius 1 is 1.13 bits per heavy atom. The van der Waals surface area contributed by atoms with Gasteiger partial charge in [-0.1, -0.05) is 35.3 Å². The molecule has 0 saturated carbocycles. The number of sulfonamides is 1. The molecule has 2 aromatic carbocycles. The third-order valence-electron chi connectivity index (χ3n) is 5.06. The molecule has 1 unspecified atom stereocenters. The molecule has 0 radical (unpaired) electrons. The molecule has 2 heterocycles. The molecule has 1 atom stereocenters. The maximum Gasteiger partial charge on any atom is 0.212 e. The molecule has 7 nitrogen and oxygen atoms in total. The van der Waals surface area contributed by atoms with E-state index in [-0.39, 0.29) is 13.1 Å².